The van der Waals surface area contributed by atoms with Gasteiger partial charge in [-0.1, -0.05) is 0 Å². The van der Waals surface area contributed by atoms with Gasteiger partial charge in [-0.25, -0.2) is 20.8 Å². The van der Waals surface area contributed by atoms with Crippen LogP contribution < -0.4 is 11.3 Å². The minimum Gasteiger partial charge on any atom is -0.308 e. The zero-order chi connectivity index (χ0) is 11.0. The number of thiazole rings is 1. The number of hydrogen-bond acceptors (Lipinski definition) is 7. The molecule has 3 rings (SSSR count). The van der Waals surface area contributed by atoms with Crippen molar-refractivity contribution in [3.63, 3.8) is 0 Å². The van der Waals surface area contributed by atoms with Crippen molar-refractivity contribution in [2.75, 3.05) is 5.43 Å². The van der Waals surface area contributed by atoms with Crippen LogP contribution in [0.1, 0.15) is 0 Å². The van der Waals surface area contributed by atoms with Crippen LogP contribution >= 0.6 is 11.3 Å². The molecule has 0 saturated carbocycles. The smallest absolute Gasteiger partial charge is 0.212 e. The van der Waals surface area contributed by atoms with Gasteiger partial charge in [-0.05, 0) is 0 Å². The molecule has 3 aromatic rings. The predicted octanol–water partition coefficient (Wildman–Crippen LogP) is 0.558. The van der Waals surface area contributed by atoms with Crippen LogP contribution in [-0.4, -0.2) is 24.7 Å². The number of rotatable bonds is 2. The summed E-state index contributed by atoms with van der Waals surface area (Å²) in [4.78, 5) is 12.3. The summed E-state index contributed by atoms with van der Waals surface area (Å²) in [5.41, 5.74) is 3.19. The van der Waals surface area contributed by atoms with Gasteiger partial charge in [0.25, 0.3) is 0 Å². The molecule has 0 fully saturated rings. The van der Waals surface area contributed by atoms with Gasteiger partial charge in [0.05, 0.1) is 11.6 Å². The van der Waals surface area contributed by atoms with Gasteiger partial charge < -0.3 is 5.43 Å². The van der Waals surface area contributed by atoms with Crippen LogP contribution in [0.3, 0.4) is 0 Å². The van der Waals surface area contributed by atoms with E-state index in [4.69, 9.17) is 5.84 Å². The zero-order valence-corrected chi connectivity index (χ0v) is 8.85. The van der Waals surface area contributed by atoms with Crippen LogP contribution in [0, 0.1) is 0 Å². The number of anilines is 1. The molecule has 3 heterocycles. The van der Waals surface area contributed by atoms with Crippen molar-refractivity contribution >= 4 is 28.2 Å². The van der Waals surface area contributed by atoms with Crippen molar-refractivity contribution in [3.05, 3.63) is 24.1 Å². The fourth-order valence-electron chi connectivity index (χ4n) is 1.42. The van der Waals surface area contributed by atoms with Gasteiger partial charge in [0, 0.05) is 11.6 Å². The Hall–Kier alpha value is -2.06. The van der Waals surface area contributed by atoms with Gasteiger partial charge in [-0.3, -0.25) is 0 Å². The lowest BCUT2D eigenvalue weighted by Crippen LogP contribution is -2.09. The Labute approximate surface area is 93.9 Å². The normalized spacial score (nSPS) is 10.8. The van der Waals surface area contributed by atoms with E-state index in [9.17, 15) is 0 Å². The van der Waals surface area contributed by atoms with Crippen molar-refractivity contribution in [3.8, 4) is 5.13 Å². The summed E-state index contributed by atoms with van der Waals surface area (Å²) in [7, 11) is 0. The first-order valence-corrected chi connectivity index (χ1v) is 5.33. The molecule has 0 saturated heterocycles. The second kappa shape index (κ2) is 3.51. The highest BCUT2D eigenvalue weighted by Gasteiger charge is 2.11. The molecule has 0 bridgehead atoms. The predicted molar refractivity (Wildman–Crippen MR) is 60.1 cm³/mol. The maximum Gasteiger partial charge on any atom is 0.212 e. The second-order valence-electron chi connectivity index (χ2n) is 2.97. The number of hydrogen-bond donors (Lipinski definition) is 2. The monoisotopic (exact) mass is 233 g/mol. The van der Waals surface area contributed by atoms with Gasteiger partial charge >= 0.3 is 0 Å². The summed E-state index contributed by atoms with van der Waals surface area (Å²) in [6, 6.07) is 0. The minimum atomic E-state index is 0.549. The summed E-state index contributed by atoms with van der Waals surface area (Å²) >= 11 is 1.49. The molecular formula is C8H7N7S. The Kier molecular flexibility index (Phi) is 2.01. The van der Waals surface area contributed by atoms with Gasteiger partial charge in [0.15, 0.2) is 11.5 Å². The topological polar surface area (TPSA) is 94.5 Å². The maximum absolute atomic E-state index is 5.35. The molecule has 0 atom stereocenters. The van der Waals surface area contributed by atoms with E-state index in [0.29, 0.717) is 11.5 Å². The number of nitrogens with one attached hydrogen (secondary N) is 1. The van der Waals surface area contributed by atoms with Crippen molar-refractivity contribution in [1.82, 2.24) is 24.7 Å². The molecule has 80 valence electrons. The number of hydrazine groups is 1. The Balaban J connectivity index is 2.29. The van der Waals surface area contributed by atoms with E-state index in [1.54, 1.807) is 17.1 Å². The van der Waals surface area contributed by atoms with Crippen LogP contribution in [0.4, 0.5) is 5.82 Å². The van der Waals surface area contributed by atoms with Gasteiger partial charge in [-0.2, -0.15) is 9.78 Å². The Bertz CT molecular complexity index is 614. The molecule has 0 aliphatic carbocycles. The third kappa shape index (κ3) is 1.24. The average Bonchev–Trinajstić information content (AvgIpc) is 2.96. The van der Waals surface area contributed by atoms with E-state index in [-0.39, 0.29) is 0 Å². The molecule has 16 heavy (non-hydrogen) atoms. The highest BCUT2D eigenvalue weighted by molar-refractivity contribution is 7.12. The molecule has 0 radical (unpaired) electrons. The first-order valence-electron chi connectivity index (χ1n) is 4.45. The molecule has 0 aliphatic rings. The van der Waals surface area contributed by atoms with Crippen LogP contribution in [0.25, 0.3) is 16.2 Å². The Morgan fingerprint density at radius 1 is 1.31 bits per heavy atom. The quantitative estimate of drug-likeness (QED) is 0.496. The molecule has 0 aromatic carbocycles. The highest BCUT2D eigenvalue weighted by Crippen LogP contribution is 2.21. The van der Waals surface area contributed by atoms with Crippen molar-refractivity contribution in [2.24, 2.45) is 5.84 Å². The lowest BCUT2D eigenvalue weighted by Gasteiger charge is -1.99. The molecule has 3 aromatic heterocycles. The van der Waals surface area contributed by atoms with Gasteiger partial charge in [0.2, 0.25) is 5.13 Å². The molecule has 0 unspecified atom stereocenters. The fourth-order valence-corrected chi connectivity index (χ4v) is 2.02. The van der Waals surface area contributed by atoms with Gasteiger partial charge in [-0.15, -0.1) is 11.3 Å². The third-order valence-corrected chi connectivity index (χ3v) is 2.85. The fraction of sp³-hybridized carbons (Fsp3) is 0. The van der Waals surface area contributed by atoms with Crippen LogP contribution in [0.15, 0.2) is 24.1 Å². The number of nitrogen functional groups attached to an aromatic ring is 1. The SMILES string of the molecule is NNc1ncnc2c1cnn2-c1nccs1. The number of aromatic nitrogens is 5. The van der Waals surface area contributed by atoms with Crippen molar-refractivity contribution < 1.29 is 0 Å². The Morgan fingerprint density at radius 3 is 3.00 bits per heavy atom. The van der Waals surface area contributed by atoms with Crippen LogP contribution in [0.5, 0.6) is 0 Å². The summed E-state index contributed by atoms with van der Waals surface area (Å²) in [5, 5.41) is 7.62. The molecular weight excluding hydrogens is 226 g/mol. The number of nitrogens with two attached hydrogens (primary N) is 1. The van der Waals surface area contributed by atoms with Crippen LogP contribution in [0.2, 0.25) is 0 Å². The summed E-state index contributed by atoms with van der Waals surface area (Å²) < 4.78 is 1.66. The standard InChI is InChI=1S/C8H7N7S/c9-14-6-5-3-13-15(7(5)12-4-11-6)8-10-1-2-16-8/h1-4H,9H2,(H,11,12,14). The lowest BCUT2D eigenvalue weighted by molar-refractivity contribution is 0.884. The number of fused-ring (bicyclic) bond motifs is 1. The molecule has 3 N–H and O–H groups in total. The lowest BCUT2D eigenvalue weighted by atomic mass is 10.4. The first kappa shape index (κ1) is 9.19. The van der Waals surface area contributed by atoms with Crippen LogP contribution in [-0.2, 0) is 0 Å². The molecule has 0 aliphatic heterocycles. The molecule has 0 spiro atoms. The molecule has 7 nitrogen and oxygen atoms in total. The Morgan fingerprint density at radius 2 is 2.25 bits per heavy atom. The third-order valence-electron chi connectivity index (χ3n) is 2.10. The summed E-state index contributed by atoms with van der Waals surface area (Å²) in [5.74, 6) is 5.90. The highest BCUT2D eigenvalue weighted by atomic mass is 32.1. The van der Waals surface area contributed by atoms with E-state index >= 15 is 0 Å². The summed E-state index contributed by atoms with van der Waals surface area (Å²) in [6.45, 7) is 0. The average molecular weight is 233 g/mol. The van der Waals surface area contributed by atoms with Gasteiger partial charge in [0.1, 0.15) is 6.33 Å². The van der Waals surface area contributed by atoms with E-state index in [0.717, 1.165) is 10.5 Å². The second-order valence-corrected chi connectivity index (χ2v) is 3.85. The summed E-state index contributed by atoms with van der Waals surface area (Å²) in [6.07, 6.45) is 4.81. The maximum atomic E-state index is 5.35. The first-order chi connectivity index (χ1) is 7.90. The number of nitrogens with zero attached hydrogens (tertiary/aromatic N) is 5. The van der Waals surface area contributed by atoms with E-state index in [2.05, 4.69) is 25.5 Å². The zero-order valence-electron chi connectivity index (χ0n) is 8.03. The minimum absolute atomic E-state index is 0.549. The van der Waals surface area contributed by atoms with Crippen molar-refractivity contribution in [1.29, 1.82) is 0 Å². The van der Waals surface area contributed by atoms with E-state index < -0.39 is 0 Å². The van der Waals surface area contributed by atoms with Crippen molar-refractivity contribution in [2.45, 2.75) is 0 Å². The largest absolute Gasteiger partial charge is 0.308 e. The van der Waals surface area contributed by atoms with E-state index in [1.165, 1.54) is 17.7 Å². The van der Waals surface area contributed by atoms with E-state index in [1.807, 2.05) is 5.38 Å². The molecule has 8 heteroatoms. The molecule has 0 amide bonds.